The van der Waals surface area contributed by atoms with Gasteiger partial charge < -0.3 is 5.73 Å². The number of nitrogens with two attached hydrogens (primary N) is 1. The lowest BCUT2D eigenvalue weighted by Crippen LogP contribution is -2.35. The van der Waals surface area contributed by atoms with Crippen LogP contribution in [0, 0.1) is 17.3 Å². The normalized spacial score (nSPS) is 34.7. The van der Waals surface area contributed by atoms with Crippen molar-refractivity contribution < 1.29 is 0 Å². The summed E-state index contributed by atoms with van der Waals surface area (Å²) < 4.78 is 0. The summed E-state index contributed by atoms with van der Waals surface area (Å²) in [4.78, 5) is 0. The van der Waals surface area contributed by atoms with Crippen LogP contribution in [0.15, 0.2) is 0 Å². The fourth-order valence-corrected chi connectivity index (χ4v) is 4.24. The second-order valence-electron chi connectivity index (χ2n) is 7.10. The zero-order chi connectivity index (χ0) is 12.8. The number of hydrogen-bond donors (Lipinski definition) is 1. The smallest absolute Gasteiger partial charge is 0.00205 e. The van der Waals surface area contributed by atoms with Crippen LogP contribution in [-0.2, 0) is 0 Å². The van der Waals surface area contributed by atoms with E-state index in [1.807, 2.05) is 0 Å². The molecular formula is C17H33N. The van der Waals surface area contributed by atoms with E-state index in [1.165, 1.54) is 77.0 Å². The van der Waals surface area contributed by atoms with Gasteiger partial charge >= 0.3 is 0 Å². The number of rotatable bonds is 5. The van der Waals surface area contributed by atoms with Gasteiger partial charge in [0.2, 0.25) is 0 Å². The average molecular weight is 251 g/mol. The zero-order valence-corrected chi connectivity index (χ0v) is 12.4. The van der Waals surface area contributed by atoms with Crippen LogP contribution < -0.4 is 5.73 Å². The molecule has 0 heterocycles. The van der Waals surface area contributed by atoms with Crippen molar-refractivity contribution in [3.63, 3.8) is 0 Å². The molecule has 2 fully saturated rings. The third-order valence-electron chi connectivity index (χ3n) is 5.98. The van der Waals surface area contributed by atoms with Gasteiger partial charge in [-0.3, -0.25) is 0 Å². The summed E-state index contributed by atoms with van der Waals surface area (Å²) in [7, 11) is 0. The van der Waals surface area contributed by atoms with Crippen LogP contribution in [0.2, 0.25) is 0 Å². The van der Waals surface area contributed by atoms with E-state index in [-0.39, 0.29) is 0 Å². The van der Waals surface area contributed by atoms with Crippen LogP contribution in [-0.4, -0.2) is 6.54 Å². The van der Waals surface area contributed by atoms with Crippen molar-refractivity contribution in [2.24, 2.45) is 23.0 Å². The Labute approximate surface area is 114 Å². The Bertz CT molecular complexity index is 222. The monoisotopic (exact) mass is 251 g/mol. The van der Waals surface area contributed by atoms with Gasteiger partial charge in [-0.15, -0.1) is 0 Å². The summed E-state index contributed by atoms with van der Waals surface area (Å²) in [5.41, 5.74) is 6.67. The molecule has 2 saturated carbocycles. The second-order valence-corrected chi connectivity index (χ2v) is 7.10. The lowest BCUT2D eigenvalue weighted by atomic mass is 9.66. The zero-order valence-electron chi connectivity index (χ0n) is 12.4. The minimum absolute atomic E-state index is 0.531. The summed E-state index contributed by atoms with van der Waals surface area (Å²) >= 11 is 0. The Morgan fingerprint density at radius 2 is 1.61 bits per heavy atom. The third kappa shape index (κ3) is 3.73. The molecule has 0 radical (unpaired) electrons. The molecule has 0 saturated heterocycles. The Hall–Kier alpha value is -0.0400. The molecule has 0 atom stereocenters. The van der Waals surface area contributed by atoms with Gasteiger partial charge in [0.05, 0.1) is 0 Å². The van der Waals surface area contributed by atoms with Gasteiger partial charge in [-0.05, 0) is 62.3 Å². The third-order valence-corrected chi connectivity index (χ3v) is 5.98. The van der Waals surface area contributed by atoms with Crippen molar-refractivity contribution in [1.29, 1.82) is 0 Å². The van der Waals surface area contributed by atoms with Crippen LogP contribution in [0.5, 0.6) is 0 Å². The Kier molecular flexibility index (Phi) is 5.54. The highest BCUT2D eigenvalue weighted by atomic mass is 14.6. The standard InChI is InChI=1S/C17H33N/c1-2-15-8-11-17(14-18,12-9-15)13-10-16-6-4-3-5-7-16/h15-16H,2-14,18H2,1H3. The topological polar surface area (TPSA) is 26.0 Å². The summed E-state index contributed by atoms with van der Waals surface area (Å²) in [5.74, 6) is 2.03. The van der Waals surface area contributed by atoms with Crippen molar-refractivity contribution >= 4 is 0 Å². The van der Waals surface area contributed by atoms with Crippen LogP contribution in [0.1, 0.15) is 84.0 Å². The molecule has 0 aromatic rings. The maximum absolute atomic E-state index is 6.14. The van der Waals surface area contributed by atoms with Gasteiger partial charge in [0, 0.05) is 0 Å². The van der Waals surface area contributed by atoms with Gasteiger partial charge in [0.15, 0.2) is 0 Å². The lowest BCUT2D eigenvalue weighted by Gasteiger charge is -2.40. The predicted molar refractivity (Wildman–Crippen MR) is 79.5 cm³/mol. The van der Waals surface area contributed by atoms with Gasteiger partial charge in [0.1, 0.15) is 0 Å². The second kappa shape index (κ2) is 6.93. The molecule has 2 aliphatic carbocycles. The van der Waals surface area contributed by atoms with E-state index in [0.29, 0.717) is 5.41 Å². The quantitative estimate of drug-likeness (QED) is 0.739. The van der Waals surface area contributed by atoms with E-state index < -0.39 is 0 Å². The lowest BCUT2D eigenvalue weighted by molar-refractivity contribution is 0.127. The van der Waals surface area contributed by atoms with Crippen LogP contribution in [0.3, 0.4) is 0 Å². The molecule has 0 aromatic heterocycles. The molecule has 2 rings (SSSR count). The largest absolute Gasteiger partial charge is 0.330 e. The SMILES string of the molecule is CCC1CCC(CN)(CCC2CCCCC2)CC1. The van der Waals surface area contributed by atoms with Crippen molar-refractivity contribution in [2.45, 2.75) is 84.0 Å². The van der Waals surface area contributed by atoms with Crippen LogP contribution >= 0.6 is 0 Å². The summed E-state index contributed by atoms with van der Waals surface area (Å²) in [6, 6.07) is 0. The summed E-state index contributed by atoms with van der Waals surface area (Å²) in [6.07, 6.45) is 17.4. The van der Waals surface area contributed by atoms with Gasteiger partial charge in [-0.25, -0.2) is 0 Å². The minimum Gasteiger partial charge on any atom is -0.330 e. The van der Waals surface area contributed by atoms with Crippen molar-refractivity contribution in [3.8, 4) is 0 Å². The molecular weight excluding hydrogens is 218 g/mol. The maximum Gasteiger partial charge on any atom is -0.00205 e. The van der Waals surface area contributed by atoms with E-state index in [1.54, 1.807) is 0 Å². The van der Waals surface area contributed by atoms with Crippen molar-refractivity contribution in [1.82, 2.24) is 0 Å². The summed E-state index contributed by atoms with van der Waals surface area (Å²) in [6.45, 7) is 3.29. The van der Waals surface area contributed by atoms with E-state index in [4.69, 9.17) is 5.73 Å². The van der Waals surface area contributed by atoms with Crippen LogP contribution in [0.4, 0.5) is 0 Å². The fraction of sp³-hybridized carbons (Fsp3) is 1.00. The van der Waals surface area contributed by atoms with Crippen molar-refractivity contribution in [3.05, 3.63) is 0 Å². The predicted octanol–water partition coefficient (Wildman–Crippen LogP) is 4.89. The van der Waals surface area contributed by atoms with Crippen molar-refractivity contribution in [2.75, 3.05) is 6.54 Å². The first-order valence-electron chi connectivity index (χ1n) is 8.48. The minimum atomic E-state index is 0.531. The first kappa shape index (κ1) is 14.4. The molecule has 106 valence electrons. The molecule has 0 amide bonds. The van der Waals surface area contributed by atoms with Gasteiger partial charge in [0.25, 0.3) is 0 Å². The van der Waals surface area contributed by atoms with E-state index in [2.05, 4.69) is 6.92 Å². The van der Waals surface area contributed by atoms with Gasteiger partial charge in [-0.1, -0.05) is 45.4 Å². The molecule has 0 aliphatic heterocycles. The van der Waals surface area contributed by atoms with Crippen LogP contribution in [0.25, 0.3) is 0 Å². The first-order valence-corrected chi connectivity index (χ1v) is 8.48. The molecule has 0 spiro atoms. The summed E-state index contributed by atoms with van der Waals surface area (Å²) in [5, 5.41) is 0. The van der Waals surface area contributed by atoms with Gasteiger partial charge in [-0.2, -0.15) is 0 Å². The Morgan fingerprint density at radius 3 is 2.17 bits per heavy atom. The molecule has 2 N–H and O–H groups in total. The first-order chi connectivity index (χ1) is 8.78. The number of hydrogen-bond acceptors (Lipinski definition) is 1. The highest BCUT2D eigenvalue weighted by Gasteiger charge is 2.33. The Balaban J connectivity index is 1.77. The molecule has 18 heavy (non-hydrogen) atoms. The van der Waals surface area contributed by atoms with E-state index in [9.17, 15) is 0 Å². The molecule has 0 unspecified atom stereocenters. The molecule has 0 bridgehead atoms. The maximum atomic E-state index is 6.14. The molecule has 2 aliphatic rings. The van der Waals surface area contributed by atoms with E-state index in [0.717, 1.165) is 18.4 Å². The highest BCUT2D eigenvalue weighted by molar-refractivity contribution is 4.87. The Morgan fingerprint density at radius 1 is 0.944 bits per heavy atom. The molecule has 1 heteroatoms. The molecule has 1 nitrogen and oxygen atoms in total. The average Bonchev–Trinajstić information content (AvgIpc) is 2.47. The van der Waals surface area contributed by atoms with E-state index >= 15 is 0 Å². The fourth-order valence-electron chi connectivity index (χ4n) is 4.24. The highest BCUT2D eigenvalue weighted by Crippen LogP contribution is 2.44. The molecule has 0 aromatic carbocycles.